The molecular formula is C24H33N5O3. The van der Waals surface area contributed by atoms with Crippen LogP contribution in [0, 0.1) is 0 Å². The van der Waals surface area contributed by atoms with Crippen molar-refractivity contribution < 1.29 is 14.6 Å². The van der Waals surface area contributed by atoms with Gasteiger partial charge in [0.1, 0.15) is 11.6 Å². The Morgan fingerprint density at radius 3 is 2.88 bits per heavy atom. The zero-order valence-electron chi connectivity index (χ0n) is 19.2. The molecule has 172 valence electrons. The first-order chi connectivity index (χ1) is 15.5. The Hall–Kier alpha value is -2.71. The van der Waals surface area contributed by atoms with Crippen LogP contribution in [0.2, 0.25) is 0 Å². The number of rotatable bonds is 7. The summed E-state index contributed by atoms with van der Waals surface area (Å²) in [5.74, 6) is 2.44. The summed E-state index contributed by atoms with van der Waals surface area (Å²) in [5, 5.41) is 13.0. The summed E-state index contributed by atoms with van der Waals surface area (Å²) in [6.45, 7) is 7.32. The van der Waals surface area contributed by atoms with Gasteiger partial charge in [0.05, 0.1) is 24.9 Å². The number of anilines is 1. The number of ether oxygens (including phenoxy) is 1. The minimum atomic E-state index is -0.0367. The summed E-state index contributed by atoms with van der Waals surface area (Å²) in [5.41, 5.74) is 4.17. The van der Waals surface area contributed by atoms with E-state index < -0.39 is 0 Å². The van der Waals surface area contributed by atoms with Crippen LogP contribution >= 0.6 is 0 Å². The molecule has 2 aliphatic rings. The number of nitrogens with one attached hydrogen (secondary N) is 1. The fourth-order valence-electron chi connectivity index (χ4n) is 4.80. The van der Waals surface area contributed by atoms with Crippen molar-refractivity contribution in [2.75, 3.05) is 32.1 Å². The highest BCUT2D eigenvalue weighted by molar-refractivity contribution is 5.74. The van der Waals surface area contributed by atoms with E-state index in [2.05, 4.69) is 16.3 Å². The topological polar surface area (TPSA) is 90.8 Å². The molecule has 1 amide bonds. The first-order valence-electron chi connectivity index (χ1n) is 11.5. The Morgan fingerprint density at radius 1 is 1.31 bits per heavy atom. The maximum atomic E-state index is 12.0. The number of likely N-dealkylation sites (tertiary alicyclic amines) is 1. The van der Waals surface area contributed by atoms with Crippen LogP contribution < -0.4 is 10.1 Å². The molecule has 4 rings (SSSR count). The number of hydrogen-bond donors (Lipinski definition) is 2. The molecule has 8 heteroatoms. The summed E-state index contributed by atoms with van der Waals surface area (Å²) in [6.07, 6.45) is 2.75. The quantitative estimate of drug-likeness (QED) is 0.685. The van der Waals surface area contributed by atoms with Crippen molar-refractivity contribution in [1.82, 2.24) is 19.8 Å². The van der Waals surface area contributed by atoms with Crippen LogP contribution in [0.15, 0.2) is 18.2 Å². The van der Waals surface area contributed by atoms with Gasteiger partial charge in [0, 0.05) is 57.7 Å². The molecule has 1 saturated heterocycles. The van der Waals surface area contributed by atoms with Crippen LogP contribution in [0.4, 0.5) is 5.82 Å². The van der Waals surface area contributed by atoms with E-state index >= 15 is 0 Å². The van der Waals surface area contributed by atoms with Gasteiger partial charge in [0.2, 0.25) is 5.91 Å². The predicted octanol–water partition coefficient (Wildman–Crippen LogP) is 2.65. The van der Waals surface area contributed by atoms with Crippen molar-refractivity contribution in [1.29, 1.82) is 0 Å². The number of benzene rings is 1. The number of fused-ring (bicyclic) bond motifs is 1. The molecule has 0 spiro atoms. The number of carbonyl (C=O) groups excluding carboxylic acids is 1. The molecule has 1 fully saturated rings. The largest absolute Gasteiger partial charge is 0.494 e. The van der Waals surface area contributed by atoms with Crippen LogP contribution in [-0.2, 0) is 30.9 Å². The van der Waals surface area contributed by atoms with Crippen molar-refractivity contribution in [3.63, 3.8) is 0 Å². The number of carbonyl (C=O) groups is 1. The summed E-state index contributed by atoms with van der Waals surface area (Å²) in [7, 11) is 1.89. The van der Waals surface area contributed by atoms with Crippen LogP contribution in [0.3, 0.4) is 0 Å². The van der Waals surface area contributed by atoms with Crippen molar-refractivity contribution in [2.45, 2.75) is 58.8 Å². The Balaban J connectivity index is 1.53. The maximum Gasteiger partial charge on any atom is 0.220 e. The van der Waals surface area contributed by atoms with Gasteiger partial charge in [-0.05, 0) is 37.5 Å². The van der Waals surface area contributed by atoms with Gasteiger partial charge in [-0.25, -0.2) is 9.97 Å². The lowest BCUT2D eigenvalue weighted by Gasteiger charge is -2.31. The number of aliphatic hydroxyl groups is 1. The van der Waals surface area contributed by atoms with E-state index in [1.165, 1.54) is 0 Å². The second-order valence-electron chi connectivity index (χ2n) is 8.47. The monoisotopic (exact) mass is 439 g/mol. The lowest BCUT2D eigenvalue weighted by molar-refractivity contribution is -0.129. The van der Waals surface area contributed by atoms with Crippen LogP contribution in [-0.4, -0.2) is 57.5 Å². The number of aromatic nitrogens is 2. The van der Waals surface area contributed by atoms with Crippen LogP contribution in [0.25, 0.3) is 0 Å². The summed E-state index contributed by atoms with van der Waals surface area (Å²) < 4.78 is 5.60. The molecular weight excluding hydrogens is 406 g/mol. The molecule has 32 heavy (non-hydrogen) atoms. The standard InChI is InChI=1S/C24H33N5O3/c1-4-32-22-8-7-17(12-18(22)15-30)13-28-11-9-20-19(14-28)23(25-3)27-24(26-20)21-6-5-10-29(21)16(2)31/h7-8,12,21,30H,4-6,9-11,13-15H2,1-3H3,(H,25,26,27). The van der Waals surface area contributed by atoms with Gasteiger partial charge in [0.15, 0.2) is 5.82 Å². The SMILES string of the molecule is CCOc1ccc(CN2CCc3nc(C4CCCN4C(C)=O)nc(NC)c3C2)cc1CO. The lowest BCUT2D eigenvalue weighted by Crippen LogP contribution is -2.33. The molecule has 1 atom stereocenters. The van der Waals surface area contributed by atoms with Gasteiger partial charge in [-0.2, -0.15) is 0 Å². The highest BCUT2D eigenvalue weighted by Gasteiger charge is 2.32. The molecule has 1 aromatic heterocycles. The third kappa shape index (κ3) is 4.56. The molecule has 1 unspecified atom stereocenters. The Morgan fingerprint density at radius 2 is 2.16 bits per heavy atom. The minimum absolute atomic E-state index is 0.0244. The van der Waals surface area contributed by atoms with E-state index in [9.17, 15) is 9.90 Å². The second kappa shape index (κ2) is 9.83. The molecule has 0 radical (unpaired) electrons. The van der Waals surface area contributed by atoms with E-state index in [0.717, 1.165) is 85.2 Å². The van der Waals surface area contributed by atoms with Crippen LogP contribution in [0.5, 0.6) is 5.75 Å². The fourth-order valence-corrected chi connectivity index (χ4v) is 4.80. The molecule has 3 heterocycles. The average Bonchev–Trinajstić information content (AvgIpc) is 3.30. The molecule has 1 aromatic carbocycles. The van der Waals surface area contributed by atoms with Crippen molar-refractivity contribution in [3.8, 4) is 5.75 Å². The number of nitrogens with zero attached hydrogens (tertiary/aromatic N) is 4. The van der Waals surface area contributed by atoms with Gasteiger partial charge < -0.3 is 20.1 Å². The fraction of sp³-hybridized carbons (Fsp3) is 0.542. The van der Waals surface area contributed by atoms with Crippen LogP contribution in [0.1, 0.15) is 60.9 Å². The highest BCUT2D eigenvalue weighted by atomic mass is 16.5. The first kappa shape index (κ1) is 22.5. The first-order valence-corrected chi connectivity index (χ1v) is 11.5. The molecule has 2 N–H and O–H groups in total. The summed E-state index contributed by atoms with van der Waals surface area (Å²) in [4.78, 5) is 26.0. The molecule has 0 aliphatic carbocycles. The third-order valence-corrected chi connectivity index (χ3v) is 6.35. The Bertz CT molecular complexity index is 963. The van der Waals surface area contributed by atoms with Gasteiger partial charge in [-0.15, -0.1) is 0 Å². The Labute approximate surface area is 189 Å². The van der Waals surface area contributed by atoms with E-state index in [1.54, 1.807) is 6.92 Å². The highest BCUT2D eigenvalue weighted by Crippen LogP contribution is 2.33. The van der Waals surface area contributed by atoms with E-state index in [4.69, 9.17) is 14.7 Å². The zero-order chi connectivity index (χ0) is 22.7. The molecule has 0 bridgehead atoms. The van der Waals surface area contributed by atoms with Gasteiger partial charge in [-0.3, -0.25) is 9.69 Å². The van der Waals surface area contributed by atoms with Gasteiger partial charge >= 0.3 is 0 Å². The van der Waals surface area contributed by atoms with E-state index in [1.807, 2.05) is 31.0 Å². The maximum absolute atomic E-state index is 12.0. The van der Waals surface area contributed by atoms with Crippen molar-refractivity contribution in [2.24, 2.45) is 0 Å². The Kier molecular flexibility index (Phi) is 6.91. The van der Waals surface area contributed by atoms with Gasteiger partial charge in [0.25, 0.3) is 0 Å². The summed E-state index contributed by atoms with van der Waals surface area (Å²) >= 11 is 0. The second-order valence-corrected chi connectivity index (χ2v) is 8.47. The number of aliphatic hydroxyl groups excluding tert-OH is 1. The minimum Gasteiger partial charge on any atom is -0.494 e. The molecule has 8 nitrogen and oxygen atoms in total. The lowest BCUT2D eigenvalue weighted by atomic mass is 10.0. The zero-order valence-corrected chi connectivity index (χ0v) is 19.2. The number of hydrogen-bond acceptors (Lipinski definition) is 7. The smallest absolute Gasteiger partial charge is 0.220 e. The van der Waals surface area contributed by atoms with E-state index in [-0.39, 0.29) is 18.6 Å². The molecule has 2 aliphatic heterocycles. The summed E-state index contributed by atoms with van der Waals surface area (Å²) in [6, 6.07) is 6.01. The molecule has 0 saturated carbocycles. The predicted molar refractivity (Wildman–Crippen MR) is 122 cm³/mol. The normalized spacial score (nSPS) is 18.5. The number of amides is 1. The van der Waals surface area contributed by atoms with Crippen molar-refractivity contribution in [3.05, 3.63) is 46.4 Å². The van der Waals surface area contributed by atoms with E-state index in [0.29, 0.717) is 6.61 Å². The van der Waals surface area contributed by atoms with Gasteiger partial charge in [-0.1, -0.05) is 6.07 Å². The average molecular weight is 440 g/mol. The van der Waals surface area contributed by atoms with Crippen molar-refractivity contribution >= 4 is 11.7 Å². The molecule has 2 aromatic rings. The third-order valence-electron chi connectivity index (χ3n) is 6.35.